The number of fused-ring (bicyclic) bond motifs is 2. The number of carbonyl (C=O) groups is 2. The van der Waals surface area contributed by atoms with Gasteiger partial charge in [-0.15, -0.1) is 0 Å². The highest BCUT2D eigenvalue weighted by Crippen LogP contribution is 2.45. The fraction of sp³-hybridized carbons (Fsp3) is 0.619. The number of carbonyl (C=O) groups excluding carboxylic acids is 2. The zero-order valence-corrected chi connectivity index (χ0v) is 16.9. The van der Waals surface area contributed by atoms with Crippen molar-refractivity contribution in [1.29, 1.82) is 0 Å². The van der Waals surface area contributed by atoms with E-state index in [9.17, 15) is 9.59 Å². The van der Waals surface area contributed by atoms with Gasteiger partial charge in [0.25, 0.3) is 5.91 Å². The number of aryl methyl sites for hydroxylation is 1. The summed E-state index contributed by atoms with van der Waals surface area (Å²) in [4.78, 5) is 31.7. The third-order valence-corrected chi connectivity index (χ3v) is 6.77. The lowest BCUT2D eigenvalue weighted by atomic mass is 9.85. The van der Waals surface area contributed by atoms with Gasteiger partial charge in [-0.1, -0.05) is 19.0 Å². The predicted octanol–water partition coefficient (Wildman–Crippen LogP) is 2.28. The van der Waals surface area contributed by atoms with Gasteiger partial charge < -0.3 is 19.3 Å². The van der Waals surface area contributed by atoms with E-state index in [0.717, 1.165) is 18.2 Å². The molecule has 2 unspecified atom stereocenters. The second-order valence-corrected chi connectivity index (χ2v) is 8.91. The number of hydrogen-bond acceptors (Lipinski definition) is 5. The van der Waals surface area contributed by atoms with Gasteiger partial charge in [-0.05, 0) is 24.7 Å². The molecule has 1 N–H and O–H groups in total. The van der Waals surface area contributed by atoms with Crippen molar-refractivity contribution in [3.05, 3.63) is 35.7 Å². The Labute approximate surface area is 169 Å². The first kappa shape index (κ1) is 18.4. The van der Waals surface area contributed by atoms with Crippen molar-refractivity contribution in [2.45, 2.75) is 57.5 Å². The largest absolute Gasteiger partial charge is 0.361 e. The van der Waals surface area contributed by atoms with Crippen molar-refractivity contribution in [1.82, 2.24) is 24.9 Å². The van der Waals surface area contributed by atoms with E-state index in [0.29, 0.717) is 43.3 Å². The number of hydrogen-bond donors (Lipinski definition) is 1. The Morgan fingerprint density at radius 3 is 2.86 bits per heavy atom. The first-order chi connectivity index (χ1) is 14.0. The van der Waals surface area contributed by atoms with Crippen LogP contribution in [0.15, 0.2) is 23.0 Å². The highest BCUT2D eigenvalue weighted by atomic mass is 16.5. The number of likely N-dealkylation sites (tertiary alicyclic amines) is 1. The highest BCUT2D eigenvalue weighted by Gasteiger charge is 2.54. The lowest BCUT2D eigenvalue weighted by Gasteiger charge is -2.49. The van der Waals surface area contributed by atoms with Crippen molar-refractivity contribution >= 4 is 11.8 Å². The van der Waals surface area contributed by atoms with Gasteiger partial charge in [0.1, 0.15) is 11.6 Å². The van der Waals surface area contributed by atoms with Gasteiger partial charge in [0, 0.05) is 50.8 Å². The molecule has 0 bridgehead atoms. The minimum atomic E-state index is -0.254. The molecule has 8 heteroatoms. The third kappa shape index (κ3) is 3.14. The summed E-state index contributed by atoms with van der Waals surface area (Å²) in [5.41, 5.74) is 0.126. The Kier molecular flexibility index (Phi) is 4.26. The quantitative estimate of drug-likeness (QED) is 0.807. The summed E-state index contributed by atoms with van der Waals surface area (Å²) in [5, 5.41) is 6.91. The number of imidazole rings is 1. The molecule has 154 valence electrons. The Morgan fingerprint density at radius 1 is 1.38 bits per heavy atom. The third-order valence-electron chi connectivity index (χ3n) is 6.77. The molecule has 0 aromatic carbocycles. The first-order valence-electron chi connectivity index (χ1n) is 10.6. The molecule has 5 rings (SSSR count). The molecule has 0 radical (unpaired) electrons. The molecule has 1 spiro atoms. The number of nitrogens with zero attached hydrogens (tertiary/aromatic N) is 4. The van der Waals surface area contributed by atoms with Gasteiger partial charge in [0.15, 0.2) is 5.69 Å². The molecule has 2 atom stereocenters. The maximum atomic E-state index is 12.6. The van der Waals surface area contributed by atoms with Gasteiger partial charge in [0.05, 0.1) is 11.6 Å². The molecule has 2 fully saturated rings. The molecule has 2 amide bonds. The van der Waals surface area contributed by atoms with Crippen LogP contribution in [0.25, 0.3) is 0 Å². The van der Waals surface area contributed by atoms with Crippen LogP contribution in [0.3, 0.4) is 0 Å². The normalized spacial score (nSPS) is 23.0. The molecule has 1 saturated heterocycles. The molecule has 2 aliphatic heterocycles. The molecule has 2 aromatic heterocycles. The molecule has 1 saturated carbocycles. The van der Waals surface area contributed by atoms with E-state index in [1.807, 2.05) is 18.0 Å². The van der Waals surface area contributed by atoms with Crippen LogP contribution >= 0.6 is 0 Å². The van der Waals surface area contributed by atoms with Crippen LogP contribution in [0.5, 0.6) is 0 Å². The van der Waals surface area contributed by atoms with Gasteiger partial charge in [-0.2, -0.15) is 0 Å². The van der Waals surface area contributed by atoms with E-state index >= 15 is 0 Å². The maximum absolute atomic E-state index is 12.6. The summed E-state index contributed by atoms with van der Waals surface area (Å²) in [7, 11) is 0. The average molecular weight is 397 g/mol. The van der Waals surface area contributed by atoms with E-state index < -0.39 is 0 Å². The average Bonchev–Trinajstić information content (AvgIpc) is 3.11. The molecule has 1 aliphatic carbocycles. The van der Waals surface area contributed by atoms with Crippen LogP contribution in [0.1, 0.15) is 67.6 Å². The summed E-state index contributed by atoms with van der Waals surface area (Å²) in [6.45, 7) is 5.51. The summed E-state index contributed by atoms with van der Waals surface area (Å²) in [5.74, 6) is 2.75. The number of rotatable bonds is 6. The summed E-state index contributed by atoms with van der Waals surface area (Å²) < 4.78 is 7.29. The van der Waals surface area contributed by atoms with Crippen LogP contribution in [0, 0.1) is 11.8 Å². The zero-order chi connectivity index (χ0) is 20.2. The number of amides is 2. The van der Waals surface area contributed by atoms with E-state index in [1.54, 1.807) is 12.3 Å². The molecule has 4 heterocycles. The SMILES string of the molecule is CCc1cc(C(=O)NC2CC3(CN(C(=O)CC(C)C4CC4)C3)n3ccnc32)no1. The Bertz CT molecular complexity index is 938. The summed E-state index contributed by atoms with van der Waals surface area (Å²) in [6, 6.07) is 1.49. The monoisotopic (exact) mass is 397 g/mol. The summed E-state index contributed by atoms with van der Waals surface area (Å²) in [6.07, 6.45) is 8.33. The predicted molar refractivity (Wildman–Crippen MR) is 104 cm³/mol. The maximum Gasteiger partial charge on any atom is 0.274 e. The van der Waals surface area contributed by atoms with Crippen LogP contribution in [-0.4, -0.2) is 44.5 Å². The van der Waals surface area contributed by atoms with Crippen molar-refractivity contribution in [2.75, 3.05) is 13.1 Å². The highest BCUT2D eigenvalue weighted by molar-refractivity contribution is 5.92. The van der Waals surface area contributed by atoms with E-state index in [2.05, 4.69) is 26.9 Å². The number of aromatic nitrogens is 3. The fourth-order valence-corrected chi connectivity index (χ4v) is 4.84. The standard InChI is InChI=1S/C21H27N5O3/c1-3-15-9-16(24-29-15)20(28)23-17-10-21(26-7-6-22-19(17)26)11-25(12-21)18(27)8-13(2)14-4-5-14/h6-7,9,13-14,17H,3-5,8,10-12H2,1-2H3,(H,23,28). The van der Waals surface area contributed by atoms with Gasteiger partial charge in [0.2, 0.25) is 5.91 Å². The van der Waals surface area contributed by atoms with Crippen LogP contribution < -0.4 is 5.32 Å². The summed E-state index contributed by atoms with van der Waals surface area (Å²) >= 11 is 0. The second-order valence-electron chi connectivity index (χ2n) is 8.91. The van der Waals surface area contributed by atoms with Crippen molar-refractivity contribution in [3.8, 4) is 0 Å². The van der Waals surface area contributed by atoms with Crippen molar-refractivity contribution in [2.24, 2.45) is 11.8 Å². The van der Waals surface area contributed by atoms with Gasteiger partial charge >= 0.3 is 0 Å². The Hall–Kier alpha value is -2.64. The molecule has 2 aromatic rings. The topological polar surface area (TPSA) is 93.3 Å². The first-order valence-corrected chi connectivity index (χ1v) is 10.6. The van der Waals surface area contributed by atoms with E-state index in [4.69, 9.17) is 4.52 Å². The molecular weight excluding hydrogens is 370 g/mol. The zero-order valence-electron chi connectivity index (χ0n) is 16.9. The van der Waals surface area contributed by atoms with E-state index in [1.165, 1.54) is 12.8 Å². The van der Waals surface area contributed by atoms with Gasteiger partial charge in [-0.3, -0.25) is 9.59 Å². The molecule has 3 aliphatic rings. The van der Waals surface area contributed by atoms with Crippen LogP contribution in [-0.2, 0) is 16.8 Å². The minimum absolute atomic E-state index is 0.166. The van der Waals surface area contributed by atoms with Crippen molar-refractivity contribution < 1.29 is 14.1 Å². The fourth-order valence-electron chi connectivity index (χ4n) is 4.84. The molecule has 29 heavy (non-hydrogen) atoms. The lowest BCUT2D eigenvalue weighted by Crippen LogP contribution is -2.63. The van der Waals surface area contributed by atoms with Crippen LogP contribution in [0.2, 0.25) is 0 Å². The van der Waals surface area contributed by atoms with Crippen LogP contribution in [0.4, 0.5) is 0 Å². The molecule has 8 nitrogen and oxygen atoms in total. The second kappa shape index (κ2) is 6.71. The minimum Gasteiger partial charge on any atom is -0.361 e. The van der Waals surface area contributed by atoms with Gasteiger partial charge in [-0.25, -0.2) is 4.98 Å². The van der Waals surface area contributed by atoms with E-state index in [-0.39, 0.29) is 23.4 Å². The lowest BCUT2D eigenvalue weighted by molar-refractivity contribution is -0.143. The Morgan fingerprint density at radius 2 is 2.17 bits per heavy atom. The smallest absolute Gasteiger partial charge is 0.274 e. The van der Waals surface area contributed by atoms with Crippen molar-refractivity contribution in [3.63, 3.8) is 0 Å². The Balaban J connectivity index is 1.24. The number of nitrogens with one attached hydrogen (secondary N) is 1. The molecular formula is C21H27N5O3.